The van der Waals surface area contributed by atoms with Gasteiger partial charge in [-0.1, -0.05) is 36.7 Å². The second-order valence-electron chi connectivity index (χ2n) is 4.61. The highest BCUT2D eigenvalue weighted by atomic mass is 79.9. The fourth-order valence-corrected chi connectivity index (χ4v) is 1.66. The normalized spacial score (nSPS) is 26.6. The molecule has 1 aliphatic rings. The zero-order chi connectivity index (χ0) is 10.1. The van der Waals surface area contributed by atoms with Crippen molar-refractivity contribution in [3.63, 3.8) is 0 Å². The number of amides is 1. The third-order valence-electron chi connectivity index (χ3n) is 2.67. The van der Waals surface area contributed by atoms with Crippen molar-refractivity contribution in [2.45, 2.75) is 38.4 Å². The number of rotatable bonds is 4. The van der Waals surface area contributed by atoms with Gasteiger partial charge in [-0.2, -0.15) is 0 Å². The molecule has 0 aromatic rings. The molecular weight excluding hydrogens is 230 g/mol. The molecule has 0 radical (unpaired) electrons. The number of alkyl halides is 1. The number of halogens is 1. The van der Waals surface area contributed by atoms with E-state index in [4.69, 9.17) is 0 Å². The zero-order valence-electron chi connectivity index (χ0n) is 8.56. The van der Waals surface area contributed by atoms with Crippen molar-refractivity contribution in [2.75, 3.05) is 6.54 Å². The van der Waals surface area contributed by atoms with Crippen LogP contribution in [0.4, 0.5) is 0 Å². The Balaban J connectivity index is 2.13. The second-order valence-corrected chi connectivity index (χ2v) is 6.17. The molecule has 3 heteroatoms. The van der Waals surface area contributed by atoms with Crippen molar-refractivity contribution in [3.05, 3.63) is 0 Å². The Bertz CT molecular complexity index is 201. The van der Waals surface area contributed by atoms with Crippen LogP contribution in [0.3, 0.4) is 0 Å². The van der Waals surface area contributed by atoms with Crippen LogP contribution >= 0.6 is 15.9 Å². The average Bonchev–Trinajstić information content (AvgIpc) is 2.59. The summed E-state index contributed by atoms with van der Waals surface area (Å²) in [5.74, 6) is 0.497. The van der Waals surface area contributed by atoms with Gasteiger partial charge in [0.2, 0.25) is 5.91 Å². The molecule has 1 N–H and O–H groups in total. The minimum atomic E-state index is 0.234. The Morgan fingerprint density at radius 1 is 1.69 bits per heavy atom. The number of nitrogens with one attached hydrogen (secondary N) is 1. The first-order valence-electron chi connectivity index (χ1n) is 4.85. The van der Waals surface area contributed by atoms with Crippen LogP contribution in [0.15, 0.2) is 0 Å². The molecule has 13 heavy (non-hydrogen) atoms. The molecule has 1 fully saturated rings. The molecule has 0 bridgehead atoms. The van der Waals surface area contributed by atoms with Gasteiger partial charge in [0.25, 0.3) is 0 Å². The maximum atomic E-state index is 11.5. The lowest BCUT2D eigenvalue weighted by atomic mass is 10.1. The lowest BCUT2D eigenvalue weighted by Crippen LogP contribution is -2.28. The van der Waals surface area contributed by atoms with Crippen LogP contribution in [-0.4, -0.2) is 17.3 Å². The zero-order valence-corrected chi connectivity index (χ0v) is 10.1. The summed E-state index contributed by atoms with van der Waals surface area (Å²) in [5.41, 5.74) is 0.254. The smallest absolute Gasteiger partial charge is 0.223 e. The van der Waals surface area contributed by atoms with Crippen LogP contribution in [0.5, 0.6) is 0 Å². The standard InChI is InChI=1S/C10H18BrNO/c1-7(11)4-5-12-9(13)8-6-10(8,2)3/h7-8H,4-6H2,1-3H3,(H,12,13). The van der Waals surface area contributed by atoms with Gasteiger partial charge in [0.15, 0.2) is 0 Å². The van der Waals surface area contributed by atoms with E-state index < -0.39 is 0 Å². The summed E-state index contributed by atoms with van der Waals surface area (Å²) in [6, 6.07) is 0. The van der Waals surface area contributed by atoms with Crippen LogP contribution in [0, 0.1) is 11.3 Å². The third-order valence-corrected chi connectivity index (χ3v) is 3.13. The molecule has 1 amide bonds. The predicted molar refractivity (Wildman–Crippen MR) is 57.9 cm³/mol. The molecule has 0 aliphatic heterocycles. The number of carbonyl (C=O) groups excluding carboxylic acids is 1. The third kappa shape index (κ3) is 3.29. The Labute approximate surface area is 88.6 Å². The first-order chi connectivity index (χ1) is 5.93. The van der Waals surface area contributed by atoms with Gasteiger partial charge in [-0.3, -0.25) is 4.79 Å². The summed E-state index contributed by atoms with van der Waals surface area (Å²) in [4.78, 5) is 12.0. The molecule has 1 saturated carbocycles. The molecule has 0 heterocycles. The lowest BCUT2D eigenvalue weighted by molar-refractivity contribution is -0.122. The summed E-state index contributed by atoms with van der Waals surface area (Å²) < 4.78 is 0. The molecular formula is C10H18BrNO. The van der Waals surface area contributed by atoms with Gasteiger partial charge in [0.1, 0.15) is 0 Å². The highest BCUT2D eigenvalue weighted by Crippen LogP contribution is 2.51. The quantitative estimate of drug-likeness (QED) is 0.760. The fraction of sp³-hybridized carbons (Fsp3) is 0.900. The summed E-state index contributed by atoms with van der Waals surface area (Å²) in [6.45, 7) is 7.17. The second kappa shape index (κ2) is 3.99. The van der Waals surface area contributed by atoms with Gasteiger partial charge in [-0.15, -0.1) is 0 Å². The number of hydrogen-bond acceptors (Lipinski definition) is 1. The van der Waals surface area contributed by atoms with Crippen molar-refractivity contribution in [3.8, 4) is 0 Å². The molecule has 0 aromatic carbocycles. The van der Waals surface area contributed by atoms with Crippen molar-refractivity contribution >= 4 is 21.8 Å². The van der Waals surface area contributed by atoms with E-state index >= 15 is 0 Å². The van der Waals surface area contributed by atoms with Gasteiger partial charge < -0.3 is 5.32 Å². The van der Waals surface area contributed by atoms with E-state index in [9.17, 15) is 4.79 Å². The van der Waals surface area contributed by atoms with Gasteiger partial charge in [0.05, 0.1) is 0 Å². The van der Waals surface area contributed by atoms with Crippen molar-refractivity contribution in [1.82, 2.24) is 5.32 Å². The molecule has 0 spiro atoms. The van der Waals surface area contributed by atoms with Crippen LogP contribution in [0.2, 0.25) is 0 Å². The van der Waals surface area contributed by atoms with E-state index in [0.29, 0.717) is 4.83 Å². The maximum absolute atomic E-state index is 11.5. The predicted octanol–water partition coefficient (Wildman–Crippen LogP) is 2.32. The van der Waals surface area contributed by atoms with E-state index in [-0.39, 0.29) is 17.2 Å². The van der Waals surface area contributed by atoms with Gasteiger partial charge in [-0.05, 0) is 18.3 Å². The monoisotopic (exact) mass is 247 g/mol. The first-order valence-corrected chi connectivity index (χ1v) is 5.77. The summed E-state index contributed by atoms with van der Waals surface area (Å²) in [5, 5.41) is 2.96. The summed E-state index contributed by atoms with van der Waals surface area (Å²) in [6.07, 6.45) is 2.04. The highest BCUT2D eigenvalue weighted by molar-refractivity contribution is 9.09. The van der Waals surface area contributed by atoms with Gasteiger partial charge in [-0.25, -0.2) is 0 Å². The first kappa shape index (κ1) is 11.0. The molecule has 2 nitrogen and oxygen atoms in total. The highest BCUT2D eigenvalue weighted by Gasteiger charge is 2.50. The Hall–Kier alpha value is -0.0500. The van der Waals surface area contributed by atoms with Crippen LogP contribution in [-0.2, 0) is 4.79 Å². The minimum absolute atomic E-state index is 0.234. The molecule has 2 unspecified atom stereocenters. The van der Waals surface area contributed by atoms with E-state index in [0.717, 1.165) is 19.4 Å². The van der Waals surface area contributed by atoms with Crippen LogP contribution < -0.4 is 5.32 Å². The van der Waals surface area contributed by atoms with Gasteiger partial charge in [0, 0.05) is 17.3 Å². The van der Waals surface area contributed by atoms with Crippen molar-refractivity contribution in [1.29, 1.82) is 0 Å². The average molecular weight is 248 g/mol. The Kier molecular flexibility index (Phi) is 3.38. The van der Waals surface area contributed by atoms with Crippen molar-refractivity contribution < 1.29 is 4.79 Å². The molecule has 1 aliphatic carbocycles. The van der Waals surface area contributed by atoms with Crippen LogP contribution in [0.25, 0.3) is 0 Å². The number of hydrogen-bond donors (Lipinski definition) is 1. The fourth-order valence-electron chi connectivity index (χ4n) is 1.43. The SMILES string of the molecule is CC(Br)CCNC(=O)C1CC1(C)C. The summed E-state index contributed by atoms with van der Waals surface area (Å²) >= 11 is 3.45. The lowest BCUT2D eigenvalue weighted by Gasteiger charge is -2.07. The Morgan fingerprint density at radius 2 is 2.23 bits per heavy atom. The molecule has 0 saturated heterocycles. The van der Waals surface area contributed by atoms with E-state index in [1.165, 1.54) is 0 Å². The topological polar surface area (TPSA) is 29.1 Å². The van der Waals surface area contributed by atoms with Crippen molar-refractivity contribution in [2.24, 2.45) is 11.3 Å². The van der Waals surface area contributed by atoms with E-state index in [1.807, 2.05) is 0 Å². The van der Waals surface area contributed by atoms with Gasteiger partial charge >= 0.3 is 0 Å². The maximum Gasteiger partial charge on any atom is 0.223 e. The van der Waals surface area contributed by atoms with Crippen LogP contribution in [0.1, 0.15) is 33.6 Å². The van der Waals surface area contributed by atoms with E-state index in [2.05, 4.69) is 42.0 Å². The molecule has 2 atom stereocenters. The molecule has 0 aromatic heterocycles. The number of carbonyl (C=O) groups is 1. The molecule has 1 rings (SSSR count). The van der Waals surface area contributed by atoms with E-state index in [1.54, 1.807) is 0 Å². The molecule has 76 valence electrons. The largest absolute Gasteiger partial charge is 0.356 e. The Morgan fingerprint density at radius 3 is 2.62 bits per heavy atom. The minimum Gasteiger partial charge on any atom is -0.356 e. The summed E-state index contributed by atoms with van der Waals surface area (Å²) in [7, 11) is 0.